The monoisotopic (exact) mass is 386 g/mol. The molecule has 0 fully saturated rings. The van der Waals surface area contributed by atoms with Crippen molar-refractivity contribution in [2.45, 2.75) is 0 Å². The van der Waals surface area contributed by atoms with Gasteiger partial charge in [0.1, 0.15) is 5.01 Å². The summed E-state index contributed by atoms with van der Waals surface area (Å²) in [4.78, 5) is 28.8. The second kappa shape index (κ2) is 7.54. The first-order valence-corrected chi connectivity index (χ1v) is 9.36. The summed E-state index contributed by atoms with van der Waals surface area (Å²) in [5, 5.41) is 11.9. The number of aromatic nitrogens is 1. The van der Waals surface area contributed by atoms with E-state index in [1.165, 1.54) is 17.4 Å². The van der Waals surface area contributed by atoms with Crippen molar-refractivity contribution in [3.05, 3.63) is 105 Å². The minimum atomic E-state index is -0.450. The van der Waals surface area contributed by atoms with Crippen LogP contribution in [0.2, 0.25) is 0 Å². The van der Waals surface area contributed by atoms with Gasteiger partial charge >= 0.3 is 0 Å². The number of hydrogen-bond acceptors (Lipinski definition) is 5. The van der Waals surface area contributed by atoms with E-state index in [0.29, 0.717) is 21.7 Å². The molecule has 3 aromatic carbocycles. The molecule has 6 heteroatoms. The molecule has 0 saturated heterocycles. The maximum atomic E-state index is 13.2. The fraction of sp³-hybridized carbons (Fsp3) is 0. The number of ketones is 1. The number of nitrogens with zero attached hydrogens (tertiary/aromatic N) is 2. The van der Waals surface area contributed by atoms with Crippen molar-refractivity contribution in [3.8, 4) is 0 Å². The third-order valence-electron chi connectivity index (χ3n) is 4.24. The molecule has 0 atom stereocenters. The molecule has 1 aromatic heterocycles. The van der Waals surface area contributed by atoms with Crippen LogP contribution in [0.5, 0.6) is 0 Å². The molecule has 0 radical (unpaired) electrons. The van der Waals surface area contributed by atoms with Gasteiger partial charge in [0.2, 0.25) is 0 Å². The van der Waals surface area contributed by atoms with Gasteiger partial charge in [-0.05, 0) is 24.3 Å². The molecule has 0 amide bonds. The van der Waals surface area contributed by atoms with E-state index in [2.05, 4.69) is 4.98 Å². The van der Waals surface area contributed by atoms with Crippen LogP contribution < -0.4 is 0 Å². The van der Waals surface area contributed by atoms with Crippen LogP contribution >= 0.6 is 11.3 Å². The average molecular weight is 386 g/mol. The summed E-state index contributed by atoms with van der Waals surface area (Å²) in [7, 11) is 0. The van der Waals surface area contributed by atoms with Crippen LogP contribution in [0.1, 0.15) is 20.9 Å². The van der Waals surface area contributed by atoms with Gasteiger partial charge in [-0.3, -0.25) is 14.9 Å². The minimum Gasteiger partial charge on any atom is -0.288 e. The highest BCUT2D eigenvalue weighted by molar-refractivity contribution is 7.20. The molecule has 4 aromatic rings. The number of carbonyl (C=O) groups excluding carboxylic acids is 1. The Morgan fingerprint density at radius 2 is 1.61 bits per heavy atom. The number of rotatable bonds is 5. The number of fused-ring (bicyclic) bond motifs is 1. The minimum absolute atomic E-state index is 0.0537. The normalized spacial score (nSPS) is 11.5. The van der Waals surface area contributed by atoms with Gasteiger partial charge in [0.25, 0.3) is 5.69 Å². The van der Waals surface area contributed by atoms with E-state index in [1.54, 1.807) is 48.5 Å². The van der Waals surface area contributed by atoms with Crippen molar-refractivity contribution in [1.82, 2.24) is 4.98 Å². The molecule has 4 rings (SSSR count). The molecule has 1 heterocycles. The standard InChI is InChI=1S/C22H14N2O3S/c25-21(15-8-2-1-3-9-15)17(14-16-10-4-6-12-19(16)24(26)27)22-23-18-11-5-7-13-20(18)28-22/h1-14H. The Hall–Kier alpha value is -3.64. The Morgan fingerprint density at radius 1 is 0.929 bits per heavy atom. The Bertz CT molecular complexity index is 1180. The summed E-state index contributed by atoms with van der Waals surface area (Å²) in [5.41, 5.74) is 1.94. The summed E-state index contributed by atoms with van der Waals surface area (Å²) in [5.74, 6) is -0.224. The number of allylic oxidation sites excluding steroid dienone is 1. The number of thiazole rings is 1. The molecule has 0 aliphatic carbocycles. The second-order valence-corrected chi connectivity index (χ2v) is 7.09. The van der Waals surface area contributed by atoms with Crippen molar-refractivity contribution >= 4 is 44.7 Å². The average Bonchev–Trinajstić information content (AvgIpc) is 3.16. The zero-order valence-corrected chi connectivity index (χ0v) is 15.4. The molecular formula is C22H14N2O3S. The van der Waals surface area contributed by atoms with E-state index < -0.39 is 4.92 Å². The van der Waals surface area contributed by atoms with E-state index >= 15 is 0 Å². The molecular weight excluding hydrogens is 372 g/mol. The van der Waals surface area contributed by atoms with Crippen LogP contribution in [0.15, 0.2) is 78.9 Å². The first-order valence-electron chi connectivity index (χ1n) is 8.54. The van der Waals surface area contributed by atoms with E-state index in [1.807, 2.05) is 30.3 Å². The summed E-state index contributed by atoms with van der Waals surface area (Å²) < 4.78 is 0.951. The summed E-state index contributed by atoms with van der Waals surface area (Å²) in [6.45, 7) is 0. The van der Waals surface area contributed by atoms with Gasteiger partial charge < -0.3 is 0 Å². The fourth-order valence-electron chi connectivity index (χ4n) is 2.89. The van der Waals surface area contributed by atoms with Crippen LogP contribution in [0, 0.1) is 10.1 Å². The number of Topliss-reactive ketones (excluding diaryl/α,β-unsaturated/α-hetero) is 1. The van der Waals surface area contributed by atoms with Crippen LogP contribution in [0.25, 0.3) is 21.9 Å². The van der Waals surface area contributed by atoms with Crippen LogP contribution in [0.4, 0.5) is 5.69 Å². The smallest absolute Gasteiger partial charge is 0.276 e. The number of hydrogen-bond donors (Lipinski definition) is 0. The zero-order valence-electron chi connectivity index (χ0n) is 14.6. The maximum absolute atomic E-state index is 13.2. The van der Waals surface area contributed by atoms with Crippen molar-refractivity contribution in [2.24, 2.45) is 0 Å². The Morgan fingerprint density at radius 3 is 2.36 bits per heavy atom. The molecule has 0 unspecified atom stereocenters. The number of carbonyl (C=O) groups is 1. The number of para-hydroxylation sites is 2. The SMILES string of the molecule is O=C(C(=Cc1ccccc1[N+](=O)[O-])c1nc2ccccc2s1)c1ccccc1. The lowest BCUT2D eigenvalue weighted by atomic mass is 10.0. The lowest BCUT2D eigenvalue weighted by molar-refractivity contribution is -0.385. The molecule has 0 aliphatic heterocycles. The molecule has 136 valence electrons. The number of nitro benzene ring substituents is 1. The third kappa shape index (κ3) is 3.45. The Balaban J connectivity index is 1.91. The largest absolute Gasteiger partial charge is 0.288 e. The first kappa shape index (κ1) is 17.8. The van der Waals surface area contributed by atoms with Gasteiger partial charge in [-0.15, -0.1) is 11.3 Å². The van der Waals surface area contributed by atoms with Crippen LogP contribution in [0.3, 0.4) is 0 Å². The predicted octanol–water partition coefficient (Wildman–Crippen LogP) is 5.63. The highest BCUT2D eigenvalue weighted by Gasteiger charge is 2.20. The van der Waals surface area contributed by atoms with Crippen molar-refractivity contribution in [2.75, 3.05) is 0 Å². The van der Waals surface area contributed by atoms with Crippen LogP contribution in [-0.2, 0) is 0 Å². The Kier molecular flexibility index (Phi) is 4.78. The fourth-order valence-corrected chi connectivity index (χ4v) is 3.87. The topological polar surface area (TPSA) is 73.1 Å². The Labute approximate surface area is 164 Å². The number of nitro groups is 1. The van der Waals surface area contributed by atoms with Crippen LogP contribution in [-0.4, -0.2) is 15.7 Å². The van der Waals surface area contributed by atoms with Gasteiger partial charge in [0, 0.05) is 11.6 Å². The first-order chi connectivity index (χ1) is 13.6. The van der Waals surface area contributed by atoms with E-state index in [4.69, 9.17) is 0 Å². The predicted molar refractivity (Wildman–Crippen MR) is 111 cm³/mol. The molecule has 0 N–H and O–H groups in total. The van der Waals surface area contributed by atoms with Crippen molar-refractivity contribution < 1.29 is 9.72 Å². The van der Waals surface area contributed by atoms with Gasteiger partial charge in [-0.25, -0.2) is 4.98 Å². The van der Waals surface area contributed by atoms with Crippen molar-refractivity contribution in [1.29, 1.82) is 0 Å². The summed E-state index contributed by atoms with van der Waals surface area (Å²) in [6, 6.07) is 22.8. The van der Waals surface area contributed by atoms with E-state index in [0.717, 1.165) is 10.2 Å². The van der Waals surface area contributed by atoms with E-state index in [9.17, 15) is 14.9 Å². The maximum Gasteiger partial charge on any atom is 0.276 e. The van der Waals surface area contributed by atoms with Gasteiger partial charge in [-0.1, -0.05) is 54.6 Å². The second-order valence-electron chi connectivity index (χ2n) is 6.06. The highest BCUT2D eigenvalue weighted by atomic mass is 32.1. The molecule has 5 nitrogen and oxygen atoms in total. The highest BCUT2D eigenvalue weighted by Crippen LogP contribution is 2.32. The molecule has 0 spiro atoms. The van der Waals surface area contributed by atoms with Gasteiger partial charge in [0.15, 0.2) is 5.78 Å². The molecule has 0 aliphatic rings. The lowest BCUT2D eigenvalue weighted by Crippen LogP contribution is -2.03. The quantitative estimate of drug-likeness (QED) is 0.193. The van der Waals surface area contributed by atoms with E-state index in [-0.39, 0.29) is 11.5 Å². The van der Waals surface area contributed by atoms with Gasteiger partial charge in [-0.2, -0.15) is 0 Å². The molecule has 28 heavy (non-hydrogen) atoms. The summed E-state index contributed by atoms with van der Waals surface area (Å²) >= 11 is 1.39. The third-order valence-corrected chi connectivity index (χ3v) is 5.31. The molecule has 0 bridgehead atoms. The number of benzene rings is 3. The van der Waals surface area contributed by atoms with Crippen molar-refractivity contribution in [3.63, 3.8) is 0 Å². The lowest BCUT2D eigenvalue weighted by Gasteiger charge is -2.05. The summed E-state index contributed by atoms with van der Waals surface area (Å²) in [6.07, 6.45) is 1.56. The molecule has 0 saturated carbocycles. The van der Waals surface area contributed by atoms with Gasteiger partial charge in [0.05, 0.1) is 26.3 Å². The zero-order chi connectivity index (χ0) is 19.5.